The summed E-state index contributed by atoms with van der Waals surface area (Å²) in [7, 11) is 5.29. The molecule has 112 valence electrons. The lowest BCUT2D eigenvalue weighted by Gasteiger charge is -2.17. The third-order valence-electron chi connectivity index (χ3n) is 3.65. The monoisotopic (exact) mass is 287 g/mol. The molecule has 2 aromatic rings. The van der Waals surface area contributed by atoms with Crippen molar-refractivity contribution in [2.24, 2.45) is 7.05 Å². The van der Waals surface area contributed by atoms with E-state index in [1.54, 1.807) is 23.7 Å². The highest BCUT2D eigenvalue weighted by Gasteiger charge is 2.20. The lowest BCUT2D eigenvalue weighted by atomic mass is 10.1. The molecular formula is C16H21N3O2. The van der Waals surface area contributed by atoms with Gasteiger partial charge in [0.05, 0.1) is 18.4 Å². The first-order chi connectivity index (χ1) is 9.93. The number of ether oxygens (including phenoxy) is 1. The van der Waals surface area contributed by atoms with Crippen molar-refractivity contribution < 1.29 is 9.53 Å². The number of carbonyl (C=O) groups is 1. The van der Waals surface area contributed by atoms with Crippen LogP contribution in [0.3, 0.4) is 0 Å². The molecule has 5 heteroatoms. The summed E-state index contributed by atoms with van der Waals surface area (Å²) in [4.78, 5) is 14.3. The molecule has 2 rings (SSSR count). The number of aryl methyl sites for hydroxylation is 2. The van der Waals surface area contributed by atoms with Gasteiger partial charge in [0.1, 0.15) is 5.75 Å². The summed E-state index contributed by atoms with van der Waals surface area (Å²) in [6, 6.07) is 7.72. The summed E-state index contributed by atoms with van der Waals surface area (Å²) in [6.45, 7) is 4.33. The molecule has 0 saturated heterocycles. The maximum atomic E-state index is 12.6. The number of hydrogen-bond acceptors (Lipinski definition) is 3. The molecule has 1 aromatic heterocycles. The molecule has 1 aromatic carbocycles. The van der Waals surface area contributed by atoms with E-state index in [4.69, 9.17) is 4.74 Å². The van der Waals surface area contributed by atoms with Gasteiger partial charge in [-0.05, 0) is 31.5 Å². The molecule has 1 amide bonds. The summed E-state index contributed by atoms with van der Waals surface area (Å²) in [5.74, 6) is 0.806. The Morgan fingerprint density at radius 1 is 1.29 bits per heavy atom. The van der Waals surface area contributed by atoms with Gasteiger partial charge in [-0.1, -0.05) is 12.1 Å². The Morgan fingerprint density at radius 2 is 1.90 bits per heavy atom. The van der Waals surface area contributed by atoms with Gasteiger partial charge in [0.15, 0.2) is 0 Å². The van der Waals surface area contributed by atoms with Crippen molar-refractivity contribution in [2.45, 2.75) is 20.4 Å². The van der Waals surface area contributed by atoms with Crippen molar-refractivity contribution in [3.8, 4) is 5.75 Å². The number of benzene rings is 1. The van der Waals surface area contributed by atoms with Crippen molar-refractivity contribution in [2.75, 3.05) is 14.2 Å². The molecule has 0 spiro atoms. The Hall–Kier alpha value is -2.30. The lowest BCUT2D eigenvalue weighted by molar-refractivity contribution is 0.0783. The highest BCUT2D eigenvalue weighted by Crippen LogP contribution is 2.17. The fraction of sp³-hybridized carbons (Fsp3) is 0.375. The van der Waals surface area contributed by atoms with Crippen molar-refractivity contribution in [1.82, 2.24) is 14.7 Å². The fourth-order valence-electron chi connectivity index (χ4n) is 2.35. The first kappa shape index (κ1) is 15.1. The molecule has 0 N–H and O–H groups in total. The first-order valence-electron chi connectivity index (χ1n) is 6.82. The van der Waals surface area contributed by atoms with Crippen LogP contribution in [-0.2, 0) is 13.6 Å². The second-order valence-corrected chi connectivity index (χ2v) is 5.18. The normalized spacial score (nSPS) is 10.5. The molecule has 1 heterocycles. The van der Waals surface area contributed by atoms with Gasteiger partial charge in [-0.2, -0.15) is 5.10 Å². The van der Waals surface area contributed by atoms with Crippen LogP contribution < -0.4 is 4.74 Å². The van der Waals surface area contributed by atoms with Crippen molar-refractivity contribution in [3.05, 3.63) is 46.8 Å². The molecule has 0 bridgehead atoms. The molecule has 0 saturated carbocycles. The van der Waals surface area contributed by atoms with E-state index in [-0.39, 0.29) is 5.91 Å². The maximum Gasteiger partial charge on any atom is 0.257 e. The van der Waals surface area contributed by atoms with Gasteiger partial charge < -0.3 is 9.64 Å². The lowest BCUT2D eigenvalue weighted by Crippen LogP contribution is -2.27. The second-order valence-electron chi connectivity index (χ2n) is 5.18. The summed E-state index contributed by atoms with van der Waals surface area (Å²) in [5.41, 5.74) is 3.40. The predicted molar refractivity (Wildman–Crippen MR) is 81.5 cm³/mol. The number of amides is 1. The average Bonchev–Trinajstić information content (AvgIpc) is 2.72. The van der Waals surface area contributed by atoms with Crippen LogP contribution in [0.1, 0.15) is 27.3 Å². The number of methoxy groups -OCH3 is 1. The van der Waals surface area contributed by atoms with Crippen molar-refractivity contribution in [3.63, 3.8) is 0 Å². The molecule has 0 atom stereocenters. The Labute approximate surface area is 125 Å². The van der Waals surface area contributed by atoms with Crippen LogP contribution in [-0.4, -0.2) is 34.7 Å². The molecule has 0 aliphatic heterocycles. The minimum absolute atomic E-state index is 0.00563. The molecular weight excluding hydrogens is 266 g/mol. The van der Waals surface area contributed by atoms with Crippen LogP contribution >= 0.6 is 0 Å². The minimum atomic E-state index is -0.00563. The zero-order valence-corrected chi connectivity index (χ0v) is 13.2. The van der Waals surface area contributed by atoms with Gasteiger partial charge in [0.2, 0.25) is 0 Å². The second kappa shape index (κ2) is 5.99. The van der Waals surface area contributed by atoms with Crippen LogP contribution in [0, 0.1) is 13.8 Å². The zero-order chi connectivity index (χ0) is 15.6. The molecule has 0 radical (unpaired) electrons. The SMILES string of the molecule is COc1ccc(CN(C)C(=O)c2c(C)nn(C)c2C)cc1. The number of carbonyl (C=O) groups excluding carboxylic acids is 1. The smallest absolute Gasteiger partial charge is 0.257 e. The molecule has 0 fully saturated rings. The van der Waals surface area contributed by atoms with Gasteiger partial charge in [-0.15, -0.1) is 0 Å². The predicted octanol–water partition coefficient (Wildman–Crippen LogP) is 2.32. The average molecular weight is 287 g/mol. The highest BCUT2D eigenvalue weighted by molar-refractivity contribution is 5.96. The van der Waals surface area contributed by atoms with E-state index in [0.29, 0.717) is 12.1 Å². The van der Waals surface area contributed by atoms with E-state index in [1.165, 1.54) is 0 Å². The van der Waals surface area contributed by atoms with Crippen molar-refractivity contribution >= 4 is 5.91 Å². The summed E-state index contributed by atoms with van der Waals surface area (Å²) in [5, 5.41) is 4.30. The Kier molecular flexibility index (Phi) is 4.31. The third-order valence-corrected chi connectivity index (χ3v) is 3.65. The zero-order valence-electron chi connectivity index (χ0n) is 13.2. The van der Waals surface area contributed by atoms with Crippen LogP contribution in [0.5, 0.6) is 5.75 Å². The summed E-state index contributed by atoms with van der Waals surface area (Å²) in [6.07, 6.45) is 0. The molecule has 5 nitrogen and oxygen atoms in total. The van der Waals surface area contributed by atoms with Gasteiger partial charge in [-0.25, -0.2) is 0 Å². The first-order valence-corrected chi connectivity index (χ1v) is 6.82. The Balaban J connectivity index is 2.15. The van der Waals surface area contributed by atoms with Gasteiger partial charge in [0, 0.05) is 26.3 Å². The van der Waals surface area contributed by atoms with Crippen LogP contribution in [0.15, 0.2) is 24.3 Å². The van der Waals surface area contributed by atoms with E-state index in [9.17, 15) is 4.79 Å². The number of nitrogens with zero attached hydrogens (tertiary/aromatic N) is 3. The summed E-state index contributed by atoms with van der Waals surface area (Å²) < 4.78 is 6.87. The third kappa shape index (κ3) is 3.07. The van der Waals surface area contributed by atoms with Crippen LogP contribution in [0.2, 0.25) is 0 Å². The number of hydrogen-bond donors (Lipinski definition) is 0. The van der Waals surface area contributed by atoms with Gasteiger partial charge in [0.25, 0.3) is 5.91 Å². The van der Waals surface area contributed by atoms with E-state index in [0.717, 1.165) is 22.7 Å². The van der Waals surface area contributed by atoms with Gasteiger partial charge >= 0.3 is 0 Å². The number of aromatic nitrogens is 2. The van der Waals surface area contributed by atoms with E-state index in [2.05, 4.69) is 5.10 Å². The topological polar surface area (TPSA) is 47.4 Å². The van der Waals surface area contributed by atoms with E-state index in [1.807, 2.05) is 45.2 Å². The standard InChI is InChI=1S/C16H21N3O2/c1-11-15(12(2)19(4)17-11)16(20)18(3)10-13-6-8-14(21-5)9-7-13/h6-9H,10H2,1-5H3. The van der Waals surface area contributed by atoms with Crippen LogP contribution in [0.25, 0.3) is 0 Å². The largest absolute Gasteiger partial charge is 0.497 e. The van der Waals surface area contributed by atoms with E-state index < -0.39 is 0 Å². The van der Waals surface area contributed by atoms with Crippen molar-refractivity contribution in [1.29, 1.82) is 0 Å². The minimum Gasteiger partial charge on any atom is -0.497 e. The molecule has 0 aliphatic carbocycles. The molecule has 0 unspecified atom stereocenters. The Bertz CT molecular complexity index is 644. The van der Waals surface area contributed by atoms with Gasteiger partial charge in [-0.3, -0.25) is 9.48 Å². The maximum absolute atomic E-state index is 12.6. The summed E-state index contributed by atoms with van der Waals surface area (Å²) >= 11 is 0. The Morgan fingerprint density at radius 3 is 2.38 bits per heavy atom. The molecule has 21 heavy (non-hydrogen) atoms. The highest BCUT2D eigenvalue weighted by atomic mass is 16.5. The fourth-order valence-corrected chi connectivity index (χ4v) is 2.35. The van der Waals surface area contributed by atoms with Crippen LogP contribution in [0.4, 0.5) is 0 Å². The molecule has 0 aliphatic rings. The number of rotatable bonds is 4. The quantitative estimate of drug-likeness (QED) is 0.867. The van der Waals surface area contributed by atoms with E-state index >= 15 is 0 Å².